The number of hydrogen-bond donors (Lipinski definition) is 0. The number of piperidine rings is 1. The first-order chi connectivity index (χ1) is 16.0. The second-order valence-corrected chi connectivity index (χ2v) is 11.0. The van der Waals surface area contributed by atoms with Crippen LogP contribution in [0.25, 0.3) is 0 Å². The molecule has 2 aromatic carbocycles. The molecule has 1 amide bonds. The minimum atomic E-state index is -3.66. The van der Waals surface area contributed by atoms with Gasteiger partial charge in [0.2, 0.25) is 15.9 Å². The molecule has 2 heterocycles. The molecule has 33 heavy (non-hydrogen) atoms. The molecule has 0 atom stereocenters. The van der Waals surface area contributed by atoms with Gasteiger partial charge in [0.1, 0.15) is 0 Å². The van der Waals surface area contributed by atoms with Gasteiger partial charge in [-0.2, -0.15) is 4.31 Å². The summed E-state index contributed by atoms with van der Waals surface area (Å²) in [5.41, 5.74) is 1.13. The van der Waals surface area contributed by atoms with E-state index in [4.69, 9.17) is 9.47 Å². The molecule has 2 aliphatic heterocycles. The third-order valence-electron chi connectivity index (χ3n) is 6.63. The summed E-state index contributed by atoms with van der Waals surface area (Å²) in [4.78, 5) is 15.5. The lowest BCUT2D eigenvalue weighted by Gasteiger charge is -2.34. The number of benzene rings is 2. The lowest BCUT2D eigenvalue weighted by molar-refractivity contribution is -0.138. The van der Waals surface area contributed by atoms with E-state index in [-0.39, 0.29) is 16.7 Å². The van der Waals surface area contributed by atoms with E-state index in [0.717, 1.165) is 24.8 Å². The van der Waals surface area contributed by atoms with Crippen molar-refractivity contribution in [3.05, 3.63) is 54.1 Å². The Morgan fingerprint density at radius 1 is 0.939 bits per heavy atom. The molecule has 0 aromatic heterocycles. The number of fused-ring (bicyclic) bond motifs is 1. The summed E-state index contributed by atoms with van der Waals surface area (Å²) in [6, 6.07) is 15.2. The first-order valence-corrected chi connectivity index (χ1v) is 13.2. The number of nitrogens with zero attached hydrogens (tertiary/aromatic N) is 2. The first-order valence-electron chi connectivity index (χ1n) is 11.8. The average Bonchev–Trinajstić information content (AvgIpc) is 3.70. The summed E-state index contributed by atoms with van der Waals surface area (Å²) in [5, 5.41) is 0. The zero-order valence-electron chi connectivity index (χ0n) is 18.7. The predicted molar refractivity (Wildman–Crippen MR) is 124 cm³/mol. The maximum atomic E-state index is 13.3. The van der Waals surface area contributed by atoms with E-state index in [0.29, 0.717) is 63.2 Å². The van der Waals surface area contributed by atoms with Crippen molar-refractivity contribution in [3.63, 3.8) is 0 Å². The van der Waals surface area contributed by atoms with Crippen LogP contribution in [0.1, 0.15) is 37.7 Å². The Morgan fingerprint density at radius 2 is 1.64 bits per heavy atom. The fraction of sp³-hybridized carbons (Fsp3) is 0.480. The molecule has 0 unspecified atom stereocenters. The number of hydrogen-bond acceptors (Lipinski definition) is 5. The summed E-state index contributed by atoms with van der Waals surface area (Å²) in [6.07, 6.45) is 3.95. The molecule has 3 aliphatic rings. The van der Waals surface area contributed by atoms with Crippen LogP contribution in [-0.4, -0.2) is 55.9 Å². The molecular formula is C25H30N2O5S. The van der Waals surface area contributed by atoms with Gasteiger partial charge in [-0.1, -0.05) is 30.3 Å². The molecule has 1 saturated heterocycles. The third-order valence-corrected chi connectivity index (χ3v) is 8.52. The lowest BCUT2D eigenvalue weighted by atomic mass is 9.96. The van der Waals surface area contributed by atoms with E-state index < -0.39 is 10.0 Å². The molecule has 5 rings (SSSR count). The molecule has 0 radical (unpaired) electrons. The molecule has 1 aliphatic carbocycles. The Balaban J connectivity index is 1.24. The first kappa shape index (κ1) is 22.2. The maximum Gasteiger partial charge on any atom is 0.243 e. The van der Waals surface area contributed by atoms with E-state index in [1.807, 2.05) is 35.2 Å². The molecule has 2 aromatic rings. The van der Waals surface area contributed by atoms with Crippen LogP contribution in [0.3, 0.4) is 0 Å². The van der Waals surface area contributed by atoms with E-state index in [2.05, 4.69) is 0 Å². The van der Waals surface area contributed by atoms with Crippen LogP contribution in [0, 0.1) is 5.92 Å². The van der Waals surface area contributed by atoms with Crippen molar-refractivity contribution in [2.24, 2.45) is 5.92 Å². The summed E-state index contributed by atoms with van der Waals surface area (Å²) in [7, 11) is -3.66. The van der Waals surface area contributed by atoms with Crippen molar-refractivity contribution in [2.45, 2.75) is 49.6 Å². The Labute approximate surface area is 195 Å². The van der Waals surface area contributed by atoms with Crippen LogP contribution >= 0.6 is 0 Å². The lowest BCUT2D eigenvalue weighted by Crippen LogP contribution is -2.44. The second kappa shape index (κ2) is 9.35. The van der Waals surface area contributed by atoms with Crippen molar-refractivity contribution in [1.82, 2.24) is 9.21 Å². The molecule has 1 saturated carbocycles. The smallest absolute Gasteiger partial charge is 0.243 e. The van der Waals surface area contributed by atoms with Crippen LogP contribution < -0.4 is 9.47 Å². The van der Waals surface area contributed by atoms with Gasteiger partial charge in [-0.3, -0.25) is 4.79 Å². The number of amides is 1. The second-order valence-electron chi connectivity index (χ2n) is 9.02. The van der Waals surface area contributed by atoms with Crippen molar-refractivity contribution in [1.29, 1.82) is 0 Å². The van der Waals surface area contributed by atoms with Crippen LogP contribution in [0.5, 0.6) is 11.5 Å². The van der Waals surface area contributed by atoms with Crippen molar-refractivity contribution in [3.8, 4) is 11.5 Å². The van der Waals surface area contributed by atoms with Gasteiger partial charge in [-0.25, -0.2) is 8.42 Å². The number of ether oxygens (including phenoxy) is 2. The van der Waals surface area contributed by atoms with Crippen LogP contribution in [0.15, 0.2) is 53.4 Å². The van der Waals surface area contributed by atoms with Gasteiger partial charge in [0.15, 0.2) is 11.5 Å². The Morgan fingerprint density at radius 3 is 2.33 bits per heavy atom. The summed E-state index contributed by atoms with van der Waals surface area (Å²) < 4.78 is 39.3. The summed E-state index contributed by atoms with van der Waals surface area (Å²) in [6.45, 7) is 2.38. The molecule has 0 spiro atoms. The molecule has 0 bridgehead atoms. The van der Waals surface area contributed by atoms with Gasteiger partial charge in [0.25, 0.3) is 0 Å². The van der Waals surface area contributed by atoms with Crippen molar-refractivity contribution >= 4 is 15.9 Å². The van der Waals surface area contributed by atoms with E-state index in [9.17, 15) is 13.2 Å². The van der Waals surface area contributed by atoms with E-state index >= 15 is 0 Å². The fourth-order valence-corrected chi connectivity index (χ4v) is 6.07. The molecule has 7 nitrogen and oxygen atoms in total. The zero-order valence-corrected chi connectivity index (χ0v) is 19.5. The van der Waals surface area contributed by atoms with Gasteiger partial charge < -0.3 is 14.4 Å². The van der Waals surface area contributed by atoms with E-state index in [1.54, 1.807) is 18.2 Å². The summed E-state index contributed by atoms with van der Waals surface area (Å²) in [5.74, 6) is 1.08. The largest absolute Gasteiger partial charge is 0.490 e. The average molecular weight is 471 g/mol. The van der Waals surface area contributed by atoms with Crippen LogP contribution in [-0.2, 0) is 21.4 Å². The fourth-order valence-electron chi connectivity index (χ4n) is 4.58. The molecule has 0 N–H and O–H groups in total. The van der Waals surface area contributed by atoms with Gasteiger partial charge in [0.05, 0.1) is 18.1 Å². The number of sulfonamides is 1. The normalized spacial score (nSPS) is 19.6. The highest BCUT2D eigenvalue weighted by Crippen LogP contribution is 2.35. The topological polar surface area (TPSA) is 76.2 Å². The van der Waals surface area contributed by atoms with Crippen molar-refractivity contribution in [2.75, 3.05) is 26.3 Å². The number of rotatable bonds is 6. The SMILES string of the molecule is O=C(C1CCN(S(=O)(=O)c2ccc3c(c2)OCCCO3)CC1)N(Cc1ccccc1)C1CC1. The van der Waals surface area contributed by atoms with Crippen molar-refractivity contribution < 1.29 is 22.7 Å². The predicted octanol–water partition coefficient (Wildman–Crippen LogP) is 3.44. The van der Waals surface area contributed by atoms with Gasteiger partial charge in [-0.05, 0) is 43.4 Å². The molecule has 176 valence electrons. The number of carbonyl (C=O) groups excluding carboxylic acids is 1. The van der Waals surface area contributed by atoms with Crippen LogP contribution in [0.4, 0.5) is 0 Å². The third kappa shape index (κ3) is 4.87. The Kier molecular flexibility index (Phi) is 6.29. The molecular weight excluding hydrogens is 440 g/mol. The maximum absolute atomic E-state index is 13.3. The zero-order chi connectivity index (χ0) is 22.8. The standard InChI is InChI=1S/C25H30N2O5S/c28-25(27(21-7-8-21)18-19-5-2-1-3-6-19)20-11-13-26(14-12-20)33(29,30)22-9-10-23-24(17-22)32-16-4-15-31-23/h1-3,5-6,9-10,17,20-21H,4,7-8,11-16,18H2. The number of carbonyl (C=O) groups is 1. The van der Waals surface area contributed by atoms with Gasteiger partial charge >= 0.3 is 0 Å². The highest BCUT2D eigenvalue weighted by atomic mass is 32.2. The minimum Gasteiger partial charge on any atom is -0.490 e. The highest BCUT2D eigenvalue weighted by Gasteiger charge is 2.38. The summed E-state index contributed by atoms with van der Waals surface area (Å²) >= 11 is 0. The minimum absolute atomic E-state index is 0.135. The van der Waals surface area contributed by atoms with E-state index in [1.165, 1.54) is 4.31 Å². The van der Waals surface area contributed by atoms with Crippen LogP contribution in [0.2, 0.25) is 0 Å². The van der Waals surface area contributed by atoms with Gasteiger partial charge in [0, 0.05) is 44.1 Å². The quantitative estimate of drug-likeness (QED) is 0.647. The monoisotopic (exact) mass is 470 g/mol. The highest BCUT2D eigenvalue weighted by molar-refractivity contribution is 7.89. The molecule has 8 heteroatoms. The Hall–Kier alpha value is -2.58. The Bertz CT molecular complexity index is 1090. The van der Waals surface area contributed by atoms with Gasteiger partial charge in [-0.15, -0.1) is 0 Å². The molecule has 2 fully saturated rings.